The third-order valence-electron chi connectivity index (χ3n) is 7.33. The predicted octanol–water partition coefficient (Wildman–Crippen LogP) is 12.2. The fraction of sp³-hybridized carbons (Fsp3) is 0.0588. The van der Waals surface area contributed by atoms with Crippen LogP contribution in [-0.2, 0) is 0 Å². The SMILES string of the molecule is Cc1c(-c2ccc(Cl)c(Cl)c2)cc2ccccc2c1-c1c(C)c(-c2ccc(Cl)c(Cl)c2)cc2ccccc12. The molecule has 186 valence electrons. The lowest BCUT2D eigenvalue weighted by Crippen LogP contribution is -1.97. The van der Waals surface area contributed by atoms with Gasteiger partial charge in [0.05, 0.1) is 20.1 Å². The molecule has 0 atom stereocenters. The third kappa shape index (κ3) is 4.27. The largest absolute Gasteiger partial charge is 0.0827 e. The van der Waals surface area contributed by atoms with E-state index in [9.17, 15) is 0 Å². The second-order valence-corrected chi connectivity index (χ2v) is 11.2. The molecule has 0 fully saturated rings. The van der Waals surface area contributed by atoms with Gasteiger partial charge in [0.15, 0.2) is 0 Å². The molecule has 0 spiro atoms. The maximum absolute atomic E-state index is 6.45. The van der Waals surface area contributed by atoms with E-state index in [1.807, 2.05) is 36.4 Å². The zero-order valence-corrected chi connectivity index (χ0v) is 23.8. The normalized spacial score (nSPS) is 11.4. The highest BCUT2D eigenvalue weighted by Crippen LogP contribution is 2.46. The Balaban J connectivity index is 1.75. The van der Waals surface area contributed by atoms with Gasteiger partial charge in [0.25, 0.3) is 0 Å². The van der Waals surface area contributed by atoms with Gasteiger partial charge in [0.2, 0.25) is 0 Å². The lowest BCUT2D eigenvalue weighted by Gasteiger charge is -2.22. The first-order valence-corrected chi connectivity index (χ1v) is 13.8. The van der Waals surface area contributed by atoms with E-state index >= 15 is 0 Å². The summed E-state index contributed by atoms with van der Waals surface area (Å²) in [4.78, 5) is 0. The Kier molecular flexibility index (Phi) is 6.62. The molecule has 0 saturated carbocycles. The van der Waals surface area contributed by atoms with Crippen molar-refractivity contribution in [2.45, 2.75) is 13.8 Å². The van der Waals surface area contributed by atoms with Crippen LogP contribution in [0.1, 0.15) is 11.1 Å². The number of hydrogen-bond donors (Lipinski definition) is 0. The Labute approximate surface area is 242 Å². The molecule has 38 heavy (non-hydrogen) atoms. The quantitative estimate of drug-likeness (QED) is 0.198. The van der Waals surface area contributed by atoms with E-state index in [2.05, 4.69) is 74.5 Å². The van der Waals surface area contributed by atoms with Crippen molar-refractivity contribution in [1.82, 2.24) is 0 Å². The predicted molar refractivity (Wildman–Crippen MR) is 167 cm³/mol. The molecule has 0 aromatic heterocycles. The smallest absolute Gasteiger partial charge is 0.0598 e. The zero-order chi connectivity index (χ0) is 26.6. The van der Waals surface area contributed by atoms with Crippen molar-refractivity contribution in [1.29, 1.82) is 0 Å². The first-order chi connectivity index (χ1) is 18.3. The van der Waals surface area contributed by atoms with Crippen LogP contribution in [0.25, 0.3) is 54.9 Å². The summed E-state index contributed by atoms with van der Waals surface area (Å²) in [6.45, 7) is 4.39. The molecule has 0 aliphatic heterocycles. The molecular weight excluding hydrogens is 550 g/mol. The Morgan fingerprint density at radius 3 is 1.21 bits per heavy atom. The van der Waals surface area contributed by atoms with Gasteiger partial charge in [0, 0.05) is 0 Å². The van der Waals surface area contributed by atoms with Crippen molar-refractivity contribution in [3.05, 3.63) is 128 Å². The Bertz CT molecular complexity index is 1750. The van der Waals surface area contributed by atoms with Crippen LogP contribution >= 0.6 is 46.4 Å². The fourth-order valence-electron chi connectivity index (χ4n) is 5.47. The highest BCUT2D eigenvalue weighted by molar-refractivity contribution is 6.42. The van der Waals surface area contributed by atoms with Gasteiger partial charge in [-0.2, -0.15) is 0 Å². The Morgan fingerprint density at radius 1 is 0.421 bits per heavy atom. The van der Waals surface area contributed by atoms with E-state index in [4.69, 9.17) is 46.4 Å². The van der Waals surface area contributed by atoms with Crippen LogP contribution in [0, 0.1) is 13.8 Å². The summed E-state index contributed by atoms with van der Waals surface area (Å²) in [5.41, 5.74) is 9.10. The van der Waals surface area contributed by atoms with Crippen molar-refractivity contribution in [3.63, 3.8) is 0 Å². The molecule has 0 unspecified atom stereocenters. The van der Waals surface area contributed by atoms with Crippen LogP contribution in [0.5, 0.6) is 0 Å². The highest BCUT2D eigenvalue weighted by atomic mass is 35.5. The maximum Gasteiger partial charge on any atom is 0.0598 e. The van der Waals surface area contributed by atoms with Gasteiger partial charge in [-0.25, -0.2) is 0 Å². The molecule has 6 rings (SSSR count). The van der Waals surface area contributed by atoms with E-state index < -0.39 is 0 Å². The van der Waals surface area contributed by atoms with Crippen LogP contribution in [0.4, 0.5) is 0 Å². The van der Waals surface area contributed by atoms with Gasteiger partial charge < -0.3 is 0 Å². The minimum absolute atomic E-state index is 0.543. The maximum atomic E-state index is 6.45. The van der Waals surface area contributed by atoms with Gasteiger partial charge in [-0.05, 0) is 116 Å². The van der Waals surface area contributed by atoms with Crippen molar-refractivity contribution in [2.75, 3.05) is 0 Å². The topological polar surface area (TPSA) is 0 Å². The van der Waals surface area contributed by atoms with E-state index in [0.29, 0.717) is 20.1 Å². The first kappa shape index (κ1) is 25.3. The number of benzene rings is 6. The number of halogens is 4. The summed E-state index contributed by atoms with van der Waals surface area (Å²) >= 11 is 25.4. The van der Waals surface area contributed by atoms with Crippen LogP contribution in [0.3, 0.4) is 0 Å². The first-order valence-electron chi connectivity index (χ1n) is 12.3. The van der Waals surface area contributed by atoms with E-state index in [1.54, 1.807) is 0 Å². The van der Waals surface area contributed by atoms with Crippen molar-refractivity contribution < 1.29 is 0 Å². The van der Waals surface area contributed by atoms with E-state index in [1.165, 1.54) is 33.0 Å². The van der Waals surface area contributed by atoms with Crippen molar-refractivity contribution in [2.24, 2.45) is 0 Å². The van der Waals surface area contributed by atoms with E-state index in [-0.39, 0.29) is 0 Å². The minimum Gasteiger partial charge on any atom is -0.0827 e. The average molecular weight is 572 g/mol. The minimum atomic E-state index is 0.543. The number of fused-ring (bicyclic) bond motifs is 2. The second kappa shape index (κ2) is 9.95. The fourth-order valence-corrected chi connectivity index (χ4v) is 6.07. The van der Waals surface area contributed by atoms with Crippen LogP contribution in [0.15, 0.2) is 97.1 Å². The van der Waals surface area contributed by atoms with Crippen LogP contribution in [0.2, 0.25) is 20.1 Å². The van der Waals surface area contributed by atoms with E-state index in [0.717, 1.165) is 33.0 Å². The van der Waals surface area contributed by atoms with Gasteiger partial charge in [-0.15, -0.1) is 0 Å². The summed E-state index contributed by atoms with van der Waals surface area (Å²) in [6.07, 6.45) is 0. The summed E-state index contributed by atoms with van der Waals surface area (Å²) < 4.78 is 0. The molecule has 0 aliphatic carbocycles. The molecule has 0 amide bonds. The van der Waals surface area contributed by atoms with Gasteiger partial charge in [0.1, 0.15) is 0 Å². The molecule has 0 bridgehead atoms. The Morgan fingerprint density at radius 2 is 0.816 bits per heavy atom. The summed E-state index contributed by atoms with van der Waals surface area (Å²) in [7, 11) is 0. The Hall–Kier alpha value is -3.00. The number of rotatable bonds is 3. The molecule has 4 heteroatoms. The summed E-state index contributed by atoms with van der Waals surface area (Å²) in [5, 5.41) is 6.91. The number of hydrogen-bond acceptors (Lipinski definition) is 0. The lowest BCUT2D eigenvalue weighted by molar-refractivity contribution is 1.43. The van der Waals surface area contributed by atoms with Crippen molar-refractivity contribution in [3.8, 4) is 33.4 Å². The van der Waals surface area contributed by atoms with Crippen molar-refractivity contribution >= 4 is 67.9 Å². The van der Waals surface area contributed by atoms with Gasteiger partial charge in [-0.3, -0.25) is 0 Å². The van der Waals surface area contributed by atoms with Gasteiger partial charge >= 0.3 is 0 Å². The van der Waals surface area contributed by atoms with Gasteiger partial charge in [-0.1, -0.05) is 107 Å². The molecule has 0 saturated heterocycles. The summed E-state index contributed by atoms with van der Waals surface area (Å²) in [5.74, 6) is 0. The summed E-state index contributed by atoms with van der Waals surface area (Å²) in [6, 6.07) is 33.3. The zero-order valence-electron chi connectivity index (χ0n) is 20.7. The molecule has 0 radical (unpaired) electrons. The lowest BCUT2D eigenvalue weighted by atomic mass is 9.82. The monoisotopic (exact) mass is 570 g/mol. The molecule has 0 aliphatic rings. The molecule has 6 aromatic carbocycles. The second-order valence-electron chi connectivity index (χ2n) is 9.55. The molecule has 6 aromatic rings. The third-order valence-corrected chi connectivity index (χ3v) is 8.81. The average Bonchev–Trinajstić information content (AvgIpc) is 2.92. The highest BCUT2D eigenvalue weighted by Gasteiger charge is 2.20. The molecule has 0 heterocycles. The van der Waals surface area contributed by atoms with Crippen LogP contribution < -0.4 is 0 Å². The molecule has 0 nitrogen and oxygen atoms in total. The standard InChI is InChI=1S/C34H22Cl4/c1-19-27(23-11-13-29(35)31(37)17-23)15-21-7-3-5-9-25(21)33(19)34-20(2)28(16-22-8-4-6-10-26(22)34)24-12-14-30(36)32(38)18-24/h3-18H,1-2H3. The van der Waals surface area contributed by atoms with Crippen LogP contribution in [-0.4, -0.2) is 0 Å². The molecule has 0 N–H and O–H groups in total. The molecular formula is C34H22Cl4.